The molecule has 21 heavy (non-hydrogen) atoms. The van der Waals surface area contributed by atoms with Crippen LogP contribution in [0, 0.1) is 5.82 Å². The van der Waals surface area contributed by atoms with Crippen LogP contribution in [0.1, 0.15) is 23.4 Å². The second kappa shape index (κ2) is 6.10. The van der Waals surface area contributed by atoms with E-state index in [0.717, 1.165) is 19.4 Å². The van der Waals surface area contributed by atoms with E-state index in [-0.39, 0.29) is 23.6 Å². The van der Waals surface area contributed by atoms with Crippen LogP contribution < -0.4 is 5.32 Å². The zero-order valence-corrected chi connectivity index (χ0v) is 11.5. The van der Waals surface area contributed by atoms with Crippen molar-refractivity contribution in [1.29, 1.82) is 0 Å². The molecule has 1 aliphatic rings. The van der Waals surface area contributed by atoms with Crippen LogP contribution in [0.4, 0.5) is 4.39 Å². The summed E-state index contributed by atoms with van der Waals surface area (Å²) in [6.07, 6.45) is 2.06. The number of hydrogen-bond donors (Lipinski definition) is 1. The molecule has 1 amide bonds. The predicted molar refractivity (Wildman–Crippen MR) is 75.4 cm³/mol. The van der Waals surface area contributed by atoms with Gasteiger partial charge in [-0.15, -0.1) is 0 Å². The van der Waals surface area contributed by atoms with Gasteiger partial charge in [-0.2, -0.15) is 0 Å². The van der Waals surface area contributed by atoms with Crippen molar-refractivity contribution < 1.29 is 18.3 Å². The summed E-state index contributed by atoms with van der Waals surface area (Å²) < 4.78 is 24.5. The van der Waals surface area contributed by atoms with Gasteiger partial charge in [0.15, 0.2) is 5.76 Å². The molecule has 0 bridgehead atoms. The van der Waals surface area contributed by atoms with E-state index in [1.807, 2.05) is 0 Å². The number of benzene rings is 1. The first-order valence-corrected chi connectivity index (χ1v) is 6.98. The number of halogens is 1. The van der Waals surface area contributed by atoms with Crippen LogP contribution in [0.3, 0.4) is 0 Å². The van der Waals surface area contributed by atoms with Crippen molar-refractivity contribution in [2.75, 3.05) is 13.2 Å². The second-order valence-corrected chi connectivity index (χ2v) is 4.99. The van der Waals surface area contributed by atoms with E-state index in [1.165, 1.54) is 6.07 Å². The highest BCUT2D eigenvalue weighted by atomic mass is 19.1. The number of carbonyl (C=O) groups is 1. The Hall–Kier alpha value is -2.14. The third kappa shape index (κ3) is 3.13. The maximum atomic E-state index is 13.7. The molecule has 3 rings (SSSR count). The zero-order valence-electron chi connectivity index (χ0n) is 11.5. The van der Waals surface area contributed by atoms with Crippen LogP contribution in [-0.4, -0.2) is 25.2 Å². The molecule has 4 nitrogen and oxygen atoms in total. The monoisotopic (exact) mass is 289 g/mol. The number of carbonyl (C=O) groups excluding carboxylic acids is 1. The van der Waals surface area contributed by atoms with Crippen LogP contribution >= 0.6 is 0 Å². The molecule has 2 heterocycles. The average molecular weight is 289 g/mol. The number of rotatable bonds is 4. The van der Waals surface area contributed by atoms with Crippen molar-refractivity contribution in [3.63, 3.8) is 0 Å². The van der Waals surface area contributed by atoms with Crippen LogP contribution in [0.5, 0.6) is 0 Å². The van der Waals surface area contributed by atoms with Gasteiger partial charge in [-0.1, -0.05) is 12.1 Å². The lowest BCUT2D eigenvalue weighted by molar-refractivity contribution is 0.0836. The Balaban J connectivity index is 1.66. The fraction of sp³-hybridized carbons (Fsp3) is 0.312. The van der Waals surface area contributed by atoms with Gasteiger partial charge >= 0.3 is 0 Å². The normalized spacial score (nSPS) is 17.9. The molecule has 1 saturated heterocycles. The van der Waals surface area contributed by atoms with Crippen molar-refractivity contribution in [2.24, 2.45) is 0 Å². The standard InChI is InChI=1S/C16H16FNO3/c17-13-6-2-1-5-12(13)14-7-8-15(21-14)16(19)18-10-11-4-3-9-20-11/h1-2,5-8,11H,3-4,9-10H2,(H,18,19)/t11-/m1/s1. The molecule has 1 aromatic carbocycles. The minimum Gasteiger partial charge on any atom is -0.451 e. The molecule has 5 heteroatoms. The number of hydrogen-bond acceptors (Lipinski definition) is 3. The molecule has 1 aliphatic heterocycles. The van der Waals surface area contributed by atoms with E-state index in [9.17, 15) is 9.18 Å². The van der Waals surface area contributed by atoms with Gasteiger partial charge < -0.3 is 14.5 Å². The molecule has 0 saturated carbocycles. The first-order valence-electron chi connectivity index (χ1n) is 6.98. The summed E-state index contributed by atoms with van der Waals surface area (Å²) in [5, 5.41) is 2.77. The predicted octanol–water partition coefficient (Wildman–Crippen LogP) is 2.99. The molecule has 0 aliphatic carbocycles. The fourth-order valence-electron chi connectivity index (χ4n) is 2.36. The van der Waals surface area contributed by atoms with Crippen LogP contribution in [0.2, 0.25) is 0 Å². The van der Waals surface area contributed by atoms with Crippen molar-refractivity contribution in [1.82, 2.24) is 5.32 Å². The summed E-state index contributed by atoms with van der Waals surface area (Å²) in [4.78, 5) is 12.0. The fourth-order valence-corrected chi connectivity index (χ4v) is 2.36. The Labute approximate surface area is 121 Å². The summed E-state index contributed by atoms with van der Waals surface area (Å²) in [7, 11) is 0. The topological polar surface area (TPSA) is 51.5 Å². The molecule has 1 atom stereocenters. The van der Waals surface area contributed by atoms with Gasteiger partial charge in [-0.3, -0.25) is 4.79 Å². The molecule has 0 radical (unpaired) electrons. The van der Waals surface area contributed by atoms with Gasteiger partial charge in [0.1, 0.15) is 11.6 Å². The van der Waals surface area contributed by atoms with E-state index in [0.29, 0.717) is 17.9 Å². The van der Waals surface area contributed by atoms with Gasteiger partial charge in [0.25, 0.3) is 5.91 Å². The van der Waals surface area contributed by atoms with Crippen molar-refractivity contribution in [2.45, 2.75) is 18.9 Å². The number of furan rings is 1. The van der Waals surface area contributed by atoms with E-state index >= 15 is 0 Å². The lowest BCUT2D eigenvalue weighted by atomic mass is 10.1. The largest absolute Gasteiger partial charge is 0.451 e. The Morgan fingerprint density at radius 1 is 1.29 bits per heavy atom. The molecular formula is C16H16FNO3. The molecule has 1 N–H and O–H groups in total. The molecular weight excluding hydrogens is 273 g/mol. The third-order valence-corrected chi connectivity index (χ3v) is 3.48. The van der Waals surface area contributed by atoms with Crippen molar-refractivity contribution >= 4 is 5.91 Å². The Morgan fingerprint density at radius 2 is 2.14 bits per heavy atom. The lowest BCUT2D eigenvalue weighted by Crippen LogP contribution is -2.31. The minimum absolute atomic E-state index is 0.0787. The highest BCUT2D eigenvalue weighted by Gasteiger charge is 2.18. The Kier molecular flexibility index (Phi) is 4.01. The maximum absolute atomic E-state index is 13.7. The van der Waals surface area contributed by atoms with Gasteiger partial charge in [-0.05, 0) is 37.1 Å². The number of nitrogens with one attached hydrogen (secondary N) is 1. The first-order chi connectivity index (χ1) is 10.2. The summed E-state index contributed by atoms with van der Waals surface area (Å²) >= 11 is 0. The van der Waals surface area contributed by atoms with Crippen LogP contribution in [0.25, 0.3) is 11.3 Å². The molecule has 110 valence electrons. The smallest absolute Gasteiger partial charge is 0.287 e. The summed E-state index contributed by atoms with van der Waals surface area (Å²) in [6.45, 7) is 1.22. The highest BCUT2D eigenvalue weighted by molar-refractivity contribution is 5.92. The molecule has 1 aromatic heterocycles. The van der Waals surface area contributed by atoms with E-state index < -0.39 is 0 Å². The first kappa shape index (κ1) is 13.8. The minimum atomic E-state index is -0.377. The zero-order chi connectivity index (χ0) is 14.7. The van der Waals surface area contributed by atoms with Gasteiger partial charge in [-0.25, -0.2) is 4.39 Å². The van der Waals surface area contributed by atoms with E-state index in [4.69, 9.17) is 9.15 Å². The molecule has 1 fully saturated rings. The highest BCUT2D eigenvalue weighted by Crippen LogP contribution is 2.24. The maximum Gasteiger partial charge on any atom is 0.287 e. The summed E-state index contributed by atoms with van der Waals surface area (Å²) in [5.41, 5.74) is 0.343. The Bertz CT molecular complexity index is 632. The van der Waals surface area contributed by atoms with Crippen molar-refractivity contribution in [3.05, 3.63) is 48.0 Å². The van der Waals surface area contributed by atoms with Gasteiger partial charge in [0.05, 0.1) is 11.7 Å². The van der Waals surface area contributed by atoms with E-state index in [2.05, 4.69) is 5.32 Å². The lowest BCUT2D eigenvalue weighted by Gasteiger charge is -2.09. The van der Waals surface area contributed by atoms with Gasteiger partial charge in [0.2, 0.25) is 0 Å². The summed E-state index contributed by atoms with van der Waals surface area (Å²) in [5.74, 6) is -0.173. The Morgan fingerprint density at radius 3 is 2.90 bits per heavy atom. The van der Waals surface area contributed by atoms with Crippen LogP contribution in [0.15, 0.2) is 40.8 Å². The third-order valence-electron chi connectivity index (χ3n) is 3.48. The average Bonchev–Trinajstić information content (AvgIpc) is 3.17. The van der Waals surface area contributed by atoms with Crippen LogP contribution in [-0.2, 0) is 4.74 Å². The molecule has 2 aromatic rings. The van der Waals surface area contributed by atoms with Gasteiger partial charge in [0, 0.05) is 13.2 Å². The second-order valence-electron chi connectivity index (χ2n) is 4.99. The number of amides is 1. The number of ether oxygens (including phenoxy) is 1. The molecule has 0 spiro atoms. The van der Waals surface area contributed by atoms with E-state index in [1.54, 1.807) is 30.3 Å². The quantitative estimate of drug-likeness (QED) is 0.941. The molecule has 0 unspecified atom stereocenters. The van der Waals surface area contributed by atoms with Crippen molar-refractivity contribution in [3.8, 4) is 11.3 Å². The SMILES string of the molecule is O=C(NC[C@H]1CCCO1)c1ccc(-c2ccccc2F)o1. The summed E-state index contributed by atoms with van der Waals surface area (Å²) in [6, 6.07) is 9.44.